The third-order valence-corrected chi connectivity index (χ3v) is 2.86. The van der Waals surface area contributed by atoms with E-state index in [-0.39, 0.29) is 5.82 Å². The van der Waals surface area contributed by atoms with Crippen LogP contribution in [0, 0.1) is 0 Å². The fourth-order valence-corrected chi connectivity index (χ4v) is 1.83. The summed E-state index contributed by atoms with van der Waals surface area (Å²) < 4.78 is 6.48. The van der Waals surface area contributed by atoms with Crippen LogP contribution in [0.5, 0.6) is 0 Å². The number of ether oxygens (including phenoxy) is 1. The number of hydrogen-bond acceptors (Lipinski definition) is 5. The van der Waals surface area contributed by atoms with Crippen LogP contribution in [0.2, 0.25) is 0 Å². The molecular weight excluding hydrogens is 256 g/mol. The molecule has 0 aliphatic rings. The normalized spacial score (nSPS) is 10.4. The third-order valence-electron chi connectivity index (χ3n) is 2.86. The molecule has 1 heterocycles. The summed E-state index contributed by atoms with van der Waals surface area (Å²) in [5.41, 5.74) is 2.00. The second-order valence-corrected chi connectivity index (χ2v) is 4.54. The maximum absolute atomic E-state index is 11.6. The Morgan fingerprint density at radius 1 is 1.30 bits per heavy atom. The molecule has 0 saturated carbocycles. The lowest BCUT2D eigenvalue weighted by molar-refractivity contribution is 0.0512. The number of carbonyl (C=O) groups excluding carboxylic acids is 1. The lowest BCUT2D eigenvalue weighted by Crippen LogP contribution is -2.08. The Balaban J connectivity index is 2.31. The van der Waals surface area contributed by atoms with Crippen LogP contribution in [-0.4, -0.2) is 41.4 Å². The Kier molecular flexibility index (Phi) is 4.02. The molecule has 6 heteroatoms. The van der Waals surface area contributed by atoms with Gasteiger partial charge in [-0.05, 0) is 31.2 Å². The number of hydrogen-bond donors (Lipinski definition) is 0. The zero-order chi connectivity index (χ0) is 14.7. The summed E-state index contributed by atoms with van der Waals surface area (Å²) in [6, 6.07) is 7.89. The van der Waals surface area contributed by atoms with Gasteiger partial charge in [0, 0.05) is 32.4 Å². The van der Waals surface area contributed by atoms with E-state index in [1.807, 2.05) is 43.3 Å². The van der Waals surface area contributed by atoms with Crippen LogP contribution in [-0.2, 0) is 11.8 Å². The van der Waals surface area contributed by atoms with Crippen LogP contribution in [0.25, 0.3) is 11.4 Å². The van der Waals surface area contributed by atoms with Crippen molar-refractivity contribution in [2.45, 2.75) is 6.92 Å². The van der Waals surface area contributed by atoms with Crippen LogP contribution < -0.4 is 4.90 Å². The van der Waals surface area contributed by atoms with E-state index in [4.69, 9.17) is 4.74 Å². The first-order chi connectivity index (χ1) is 9.52. The Labute approximate surface area is 118 Å². The minimum absolute atomic E-state index is 0.0843. The van der Waals surface area contributed by atoms with Crippen molar-refractivity contribution in [2.24, 2.45) is 7.05 Å². The van der Waals surface area contributed by atoms with E-state index in [1.54, 1.807) is 18.7 Å². The second kappa shape index (κ2) is 5.73. The molecule has 0 aliphatic carbocycles. The molecule has 2 rings (SSSR count). The molecule has 0 bridgehead atoms. The molecule has 0 N–H and O–H groups in total. The molecular formula is C14H18N4O2. The van der Waals surface area contributed by atoms with Crippen LogP contribution in [0.3, 0.4) is 0 Å². The fraction of sp³-hybridized carbons (Fsp3) is 0.357. The summed E-state index contributed by atoms with van der Waals surface area (Å²) in [5.74, 6) is 0.221. The number of aryl methyl sites for hydroxylation is 1. The van der Waals surface area contributed by atoms with Gasteiger partial charge in [0.05, 0.1) is 6.61 Å². The van der Waals surface area contributed by atoms with Crippen LogP contribution in [0.1, 0.15) is 17.5 Å². The highest BCUT2D eigenvalue weighted by molar-refractivity contribution is 5.85. The van der Waals surface area contributed by atoms with Gasteiger partial charge in [0.1, 0.15) is 0 Å². The third kappa shape index (κ3) is 2.79. The topological polar surface area (TPSA) is 60.2 Å². The van der Waals surface area contributed by atoms with Crippen molar-refractivity contribution >= 4 is 11.7 Å². The molecule has 0 amide bonds. The molecule has 1 aromatic heterocycles. The average Bonchev–Trinajstić information content (AvgIpc) is 2.81. The smallest absolute Gasteiger partial charge is 0.378 e. The SMILES string of the molecule is CCOC(=O)c1nc(-c2ccc(N(C)C)cc2)n(C)n1. The predicted molar refractivity (Wildman–Crippen MR) is 76.7 cm³/mol. The number of anilines is 1. The Morgan fingerprint density at radius 3 is 2.50 bits per heavy atom. The van der Waals surface area contributed by atoms with E-state index >= 15 is 0 Å². The van der Waals surface area contributed by atoms with Crippen molar-refractivity contribution in [3.8, 4) is 11.4 Å². The number of rotatable bonds is 4. The maximum atomic E-state index is 11.6. The van der Waals surface area contributed by atoms with Gasteiger partial charge in [-0.1, -0.05) is 0 Å². The minimum Gasteiger partial charge on any atom is -0.460 e. The summed E-state index contributed by atoms with van der Waals surface area (Å²) in [4.78, 5) is 17.9. The molecule has 2 aromatic rings. The molecule has 6 nitrogen and oxygen atoms in total. The molecule has 20 heavy (non-hydrogen) atoms. The first kappa shape index (κ1) is 14.0. The molecule has 1 aromatic carbocycles. The fourth-order valence-electron chi connectivity index (χ4n) is 1.83. The van der Waals surface area contributed by atoms with Gasteiger partial charge < -0.3 is 9.64 Å². The molecule has 0 aliphatic heterocycles. The summed E-state index contributed by atoms with van der Waals surface area (Å²) in [7, 11) is 5.72. The van der Waals surface area contributed by atoms with Crippen LogP contribution in [0.4, 0.5) is 5.69 Å². The van der Waals surface area contributed by atoms with Crippen molar-refractivity contribution in [1.82, 2.24) is 14.8 Å². The van der Waals surface area contributed by atoms with Gasteiger partial charge in [-0.3, -0.25) is 0 Å². The monoisotopic (exact) mass is 274 g/mol. The minimum atomic E-state index is -0.501. The maximum Gasteiger partial charge on any atom is 0.378 e. The Morgan fingerprint density at radius 2 is 1.95 bits per heavy atom. The first-order valence-electron chi connectivity index (χ1n) is 6.39. The van der Waals surface area contributed by atoms with Crippen molar-refractivity contribution < 1.29 is 9.53 Å². The molecule has 0 saturated heterocycles. The summed E-state index contributed by atoms with van der Waals surface area (Å²) in [6.45, 7) is 2.06. The van der Waals surface area contributed by atoms with Gasteiger partial charge in [0.15, 0.2) is 5.82 Å². The molecule has 0 radical (unpaired) electrons. The van der Waals surface area contributed by atoms with Gasteiger partial charge in [-0.2, -0.15) is 0 Å². The molecule has 0 spiro atoms. The summed E-state index contributed by atoms with van der Waals surface area (Å²) >= 11 is 0. The van der Waals surface area contributed by atoms with E-state index < -0.39 is 5.97 Å². The van der Waals surface area contributed by atoms with Gasteiger partial charge in [-0.15, -0.1) is 5.10 Å². The quantitative estimate of drug-likeness (QED) is 0.795. The van der Waals surface area contributed by atoms with Crippen molar-refractivity contribution in [2.75, 3.05) is 25.6 Å². The molecule has 106 valence electrons. The van der Waals surface area contributed by atoms with E-state index in [2.05, 4.69) is 10.1 Å². The van der Waals surface area contributed by atoms with E-state index in [0.717, 1.165) is 11.3 Å². The Bertz CT molecular complexity index is 602. The molecule has 0 fully saturated rings. The van der Waals surface area contributed by atoms with Crippen molar-refractivity contribution in [3.63, 3.8) is 0 Å². The first-order valence-corrected chi connectivity index (χ1v) is 6.39. The van der Waals surface area contributed by atoms with Gasteiger partial charge in [0.2, 0.25) is 0 Å². The van der Waals surface area contributed by atoms with E-state index in [9.17, 15) is 4.79 Å². The number of aromatic nitrogens is 3. The van der Waals surface area contributed by atoms with Crippen LogP contribution >= 0.6 is 0 Å². The van der Waals surface area contributed by atoms with Gasteiger partial charge in [-0.25, -0.2) is 14.5 Å². The highest BCUT2D eigenvalue weighted by Gasteiger charge is 2.16. The second-order valence-electron chi connectivity index (χ2n) is 4.54. The summed E-state index contributed by atoms with van der Waals surface area (Å²) in [5, 5.41) is 4.08. The van der Waals surface area contributed by atoms with Crippen molar-refractivity contribution in [1.29, 1.82) is 0 Å². The van der Waals surface area contributed by atoms with Gasteiger partial charge in [0.25, 0.3) is 5.82 Å². The van der Waals surface area contributed by atoms with E-state index in [0.29, 0.717) is 12.4 Å². The summed E-state index contributed by atoms with van der Waals surface area (Å²) in [6.07, 6.45) is 0. The average molecular weight is 274 g/mol. The van der Waals surface area contributed by atoms with Crippen LogP contribution in [0.15, 0.2) is 24.3 Å². The van der Waals surface area contributed by atoms with Crippen molar-refractivity contribution in [3.05, 3.63) is 30.1 Å². The molecule has 0 unspecified atom stereocenters. The number of carbonyl (C=O) groups is 1. The zero-order valence-electron chi connectivity index (χ0n) is 12.1. The lowest BCUT2D eigenvalue weighted by atomic mass is 10.2. The lowest BCUT2D eigenvalue weighted by Gasteiger charge is -2.12. The van der Waals surface area contributed by atoms with Gasteiger partial charge >= 0.3 is 5.97 Å². The molecule has 0 atom stereocenters. The number of nitrogens with zero attached hydrogens (tertiary/aromatic N) is 4. The number of esters is 1. The highest BCUT2D eigenvalue weighted by Crippen LogP contribution is 2.20. The highest BCUT2D eigenvalue weighted by atomic mass is 16.5. The van der Waals surface area contributed by atoms with E-state index in [1.165, 1.54) is 0 Å². The number of benzene rings is 1. The Hall–Kier alpha value is -2.37. The predicted octanol–water partition coefficient (Wildman–Crippen LogP) is 1.72. The standard InChI is InChI=1S/C14H18N4O2/c1-5-20-14(19)12-15-13(18(4)16-12)10-6-8-11(9-7-10)17(2)3/h6-9H,5H2,1-4H3. The zero-order valence-corrected chi connectivity index (χ0v) is 12.1. The largest absolute Gasteiger partial charge is 0.460 e.